The minimum absolute atomic E-state index is 0.0579. The van der Waals surface area contributed by atoms with E-state index in [0.717, 1.165) is 23.4 Å². The van der Waals surface area contributed by atoms with Crippen LogP contribution in [-0.4, -0.2) is 62.9 Å². The van der Waals surface area contributed by atoms with Crippen LogP contribution in [0.5, 0.6) is 0 Å². The molecule has 2 aromatic carbocycles. The molecule has 7 nitrogen and oxygen atoms in total. The summed E-state index contributed by atoms with van der Waals surface area (Å²) >= 11 is 1.26. The first kappa shape index (κ1) is 22.1. The molecule has 4 rings (SSSR count). The van der Waals surface area contributed by atoms with E-state index in [4.69, 9.17) is 0 Å². The fourth-order valence-corrected chi connectivity index (χ4v) is 4.29. The second kappa shape index (κ2) is 9.19. The molecule has 0 N–H and O–H groups in total. The SMILES string of the molecule is Cc1cccc(-n2nnnc2SCC(=O)N2CCN(c3cccc(C(F)(F)F)c3)CC2)c1. The Hall–Kier alpha value is -3.08. The molecule has 168 valence electrons. The Bertz CT molecular complexity index is 1090. The van der Waals surface area contributed by atoms with Gasteiger partial charge in [0, 0.05) is 31.9 Å². The van der Waals surface area contributed by atoms with E-state index in [1.54, 1.807) is 15.6 Å². The minimum atomic E-state index is -4.38. The van der Waals surface area contributed by atoms with Gasteiger partial charge in [0.05, 0.1) is 17.0 Å². The fraction of sp³-hybridized carbons (Fsp3) is 0.333. The van der Waals surface area contributed by atoms with Crippen molar-refractivity contribution < 1.29 is 18.0 Å². The summed E-state index contributed by atoms with van der Waals surface area (Å²) in [5, 5.41) is 12.3. The molecule has 32 heavy (non-hydrogen) atoms. The third-order valence-corrected chi connectivity index (χ3v) is 6.09. The average molecular weight is 463 g/mol. The summed E-state index contributed by atoms with van der Waals surface area (Å²) in [6.45, 7) is 3.80. The highest BCUT2D eigenvalue weighted by Gasteiger charge is 2.31. The van der Waals surface area contributed by atoms with E-state index in [0.29, 0.717) is 37.0 Å². The van der Waals surface area contributed by atoms with Gasteiger partial charge in [-0.05, 0) is 53.2 Å². The molecule has 0 spiro atoms. The van der Waals surface area contributed by atoms with Crippen LogP contribution >= 0.6 is 11.8 Å². The highest BCUT2D eigenvalue weighted by molar-refractivity contribution is 7.99. The van der Waals surface area contributed by atoms with Gasteiger partial charge >= 0.3 is 6.18 Å². The van der Waals surface area contributed by atoms with Crippen molar-refractivity contribution in [2.75, 3.05) is 36.8 Å². The van der Waals surface area contributed by atoms with Crippen LogP contribution in [0.3, 0.4) is 0 Å². The van der Waals surface area contributed by atoms with E-state index >= 15 is 0 Å². The number of alkyl halides is 3. The number of benzene rings is 2. The van der Waals surface area contributed by atoms with E-state index in [1.165, 1.54) is 17.8 Å². The lowest BCUT2D eigenvalue weighted by molar-refractivity contribution is -0.137. The number of hydrogen-bond acceptors (Lipinski definition) is 6. The van der Waals surface area contributed by atoms with E-state index in [1.807, 2.05) is 36.1 Å². The molecule has 2 heterocycles. The highest BCUT2D eigenvalue weighted by atomic mass is 32.2. The molecule has 0 unspecified atom stereocenters. The van der Waals surface area contributed by atoms with E-state index in [9.17, 15) is 18.0 Å². The lowest BCUT2D eigenvalue weighted by atomic mass is 10.1. The maximum atomic E-state index is 13.0. The van der Waals surface area contributed by atoms with Crippen LogP contribution in [0, 0.1) is 6.92 Å². The fourth-order valence-electron chi connectivity index (χ4n) is 3.50. The number of aromatic nitrogens is 4. The first-order chi connectivity index (χ1) is 15.3. The predicted molar refractivity (Wildman–Crippen MR) is 115 cm³/mol. The van der Waals surface area contributed by atoms with Gasteiger partial charge < -0.3 is 9.80 Å². The van der Waals surface area contributed by atoms with E-state index in [-0.39, 0.29) is 11.7 Å². The van der Waals surface area contributed by atoms with Crippen molar-refractivity contribution >= 4 is 23.4 Å². The van der Waals surface area contributed by atoms with E-state index in [2.05, 4.69) is 15.5 Å². The van der Waals surface area contributed by atoms with Crippen LogP contribution in [0.2, 0.25) is 0 Å². The normalized spacial score (nSPS) is 14.6. The van der Waals surface area contributed by atoms with Crippen LogP contribution in [0.15, 0.2) is 53.7 Å². The van der Waals surface area contributed by atoms with Crippen LogP contribution in [0.25, 0.3) is 5.69 Å². The van der Waals surface area contributed by atoms with Crippen LogP contribution in [-0.2, 0) is 11.0 Å². The zero-order chi connectivity index (χ0) is 22.7. The zero-order valence-electron chi connectivity index (χ0n) is 17.3. The Morgan fingerprint density at radius 3 is 2.47 bits per heavy atom. The molecule has 1 fully saturated rings. The molecule has 0 atom stereocenters. The van der Waals surface area contributed by atoms with Gasteiger partial charge in [-0.25, -0.2) is 0 Å². The second-order valence-electron chi connectivity index (χ2n) is 7.42. The maximum absolute atomic E-state index is 13.0. The monoisotopic (exact) mass is 462 g/mol. The summed E-state index contributed by atoms with van der Waals surface area (Å²) in [5.74, 6) is 0.118. The van der Waals surface area contributed by atoms with Crippen molar-refractivity contribution in [2.24, 2.45) is 0 Å². The van der Waals surface area contributed by atoms with Gasteiger partial charge in [0.2, 0.25) is 11.1 Å². The number of rotatable bonds is 5. The smallest absolute Gasteiger partial charge is 0.368 e. The Balaban J connectivity index is 1.33. The molecule has 1 amide bonds. The van der Waals surface area contributed by atoms with Crippen molar-refractivity contribution in [3.63, 3.8) is 0 Å². The summed E-state index contributed by atoms with van der Waals surface area (Å²) in [6.07, 6.45) is -4.38. The van der Waals surface area contributed by atoms with Gasteiger partial charge in [0.25, 0.3) is 0 Å². The first-order valence-corrected chi connectivity index (χ1v) is 11.0. The summed E-state index contributed by atoms with van der Waals surface area (Å²) in [7, 11) is 0. The number of tetrazole rings is 1. The Morgan fingerprint density at radius 2 is 1.75 bits per heavy atom. The van der Waals surface area contributed by atoms with Crippen molar-refractivity contribution in [3.05, 3.63) is 59.7 Å². The number of thioether (sulfide) groups is 1. The minimum Gasteiger partial charge on any atom is -0.368 e. The molecule has 1 saturated heterocycles. The number of carbonyl (C=O) groups is 1. The quantitative estimate of drug-likeness (QED) is 0.542. The number of halogens is 3. The maximum Gasteiger partial charge on any atom is 0.416 e. The third kappa shape index (κ3) is 5.04. The lowest BCUT2D eigenvalue weighted by Gasteiger charge is -2.36. The Kier molecular flexibility index (Phi) is 6.35. The molecule has 3 aromatic rings. The number of carbonyl (C=O) groups excluding carboxylic acids is 1. The summed E-state index contributed by atoms with van der Waals surface area (Å²) in [4.78, 5) is 16.3. The highest BCUT2D eigenvalue weighted by Crippen LogP contribution is 2.32. The molecule has 1 aliphatic heterocycles. The number of amides is 1. The zero-order valence-corrected chi connectivity index (χ0v) is 18.1. The Morgan fingerprint density at radius 1 is 1.03 bits per heavy atom. The first-order valence-electron chi connectivity index (χ1n) is 9.99. The lowest BCUT2D eigenvalue weighted by Crippen LogP contribution is -2.49. The van der Waals surface area contributed by atoms with Gasteiger partial charge in [-0.2, -0.15) is 17.9 Å². The average Bonchev–Trinajstić information content (AvgIpc) is 3.26. The summed E-state index contributed by atoms with van der Waals surface area (Å²) in [6, 6.07) is 13.0. The second-order valence-corrected chi connectivity index (χ2v) is 8.36. The number of piperazine rings is 1. The van der Waals surface area contributed by atoms with Gasteiger partial charge in [0.15, 0.2) is 0 Å². The van der Waals surface area contributed by atoms with Crippen LogP contribution in [0.1, 0.15) is 11.1 Å². The molecular formula is C21H21F3N6OS. The molecule has 11 heteroatoms. The molecule has 0 bridgehead atoms. The molecule has 0 radical (unpaired) electrons. The number of anilines is 1. The number of hydrogen-bond donors (Lipinski definition) is 0. The van der Waals surface area contributed by atoms with Gasteiger partial charge in [0.1, 0.15) is 0 Å². The molecule has 1 aliphatic rings. The van der Waals surface area contributed by atoms with E-state index < -0.39 is 11.7 Å². The standard InChI is InChI=1S/C21H21F3N6OS/c1-15-4-2-7-18(12-15)30-20(25-26-27-30)32-14-19(31)29-10-8-28(9-11-29)17-6-3-5-16(13-17)21(22,23)24/h2-7,12-13H,8-11,14H2,1H3. The van der Waals surface area contributed by atoms with Crippen LogP contribution < -0.4 is 4.90 Å². The molecule has 0 saturated carbocycles. The van der Waals surface area contributed by atoms with Crippen molar-refractivity contribution in [1.82, 2.24) is 25.1 Å². The summed E-state index contributed by atoms with van der Waals surface area (Å²) in [5.41, 5.74) is 1.73. The van der Waals surface area contributed by atoms with Crippen molar-refractivity contribution in [1.29, 1.82) is 0 Å². The third-order valence-electron chi connectivity index (χ3n) is 5.18. The predicted octanol–water partition coefficient (Wildman–Crippen LogP) is 3.43. The van der Waals surface area contributed by atoms with Gasteiger partial charge in [-0.3, -0.25) is 4.79 Å². The van der Waals surface area contributed by atoms with Crippen molar-refractivity contribution in [2.45, 2.75) is 18.3 Å². The largest absolute Gasteiger partial charge is 0.416 e. The summed E-state index contributed by atoms with van der Waals surface area (Å²) < 4.78 is 40.5. The number of aryl methyl sites for hydroxylation is 1. The van der Waals surface area contributed by atoms with Gasteiger partial charge in [-0.1, -0.05) is 30.0 Å². The number of nitrogens with zero attached hydrogens (tertiary/aromatic N) is 6. The van der Waals surface area contributed by atoms with Crippen molar-refractivity contribution in [3.8, 4) is 5.69 Å². The Labute approximate surface area is 187 Å². The molecular weight excluding hydrogens is 441 g/mol. The van der Waals surface area contributed by atoms with Crippen LogP contribution in [0.4, 0.5) is 18.9 Å². The topological polar surface area (TPSA) is 67.2 Å². The molecule has 1 aromatic heterocycles. The van der Waals surface area contributed by atoms with Gasteiger partial charge in [-0.15, -0.1) is 5.10 Å². The molecule has 0 aliphatic carbocycles.